The van der Waals surface area contributed by atoms with Gasteiger partial charge in [0.05, 0.1) is 18.4 Å². The molecule has 0 aliphatic rings. The first kappa shape index (κ1) is 15.7. The Morgan fingerprint density at radius 3 is 2.67 bits per heavy atom. The van der Waals surface area contributed by atoms with Crippen molar-refractivity contribution in [1.82, 2.24) is 24.7 Å². The second-order valence-electron chi connectivity index (χ2n) is 5.06. The Labute approximate surface area is 137 Å². The van der Waals surface area contributed by atoms with Crippen LogP contribution in [0.5, 0.6) is 0 Å². The molecular formula is C17H14FN5O. The zero-order valence-electron chi connectivity index (χ0n) is 12.9. The predicted molar refractivity (Wildman–Crippen MR) is 87.5 cm³/mol. The second kappa shape index (κ2) is 6.91. The van der Waals surface area contributed by atoms with E-state index in [4.69, 9.17) is 0 Å². The van der Waals surface area contributed by atoms with Crippen LogP contribution in [0.4, 0.5) is 4.39 Å². The van der Waals surface area contributed by atoms with Crippen LogP contribution in [0.25, 0.3) is 17.3 Å². The first-order valence-corrected chi connectivity index (χ1v) is 7.28. The van der Waals surface area contributed by atoms with Gasteiger partial charge < -0.3 is 0 Å². The lowest BCUT2D eigenvalue weighted by Gasteiger charge is -2.07. The summed E-state index contributed by atoms with van der Waals surface area (Å²) in [5, 5.41) is 4.30. The highest BCUT2D eigenvalue weighted by Crippen LogP contribution is 2.13. The van der Waals surface area contributed by atoms with Gasteiger partial charge in [0, 0.05) is 30.2 Å². The molecule has 120 valence electrons. The van der Waals surface area contributed by atoms with E-state index in [1.807, 2.05) is 13.0 Å². The fourth-order valence-corrected chi connectivity index (χ4v) is 2.14. The van der Waals surface area contributed by atoms with E-state index in [0.717, 1.165) is 6.20 Å². The Morgan fingerprint density at radius 2 is 1.96 bits per heavy atom. The summed E-state index contributed by atoms with van der Waals surface area (Å²) in [5.74, 6) is 0.144. The van der Waals surface area contributed by atoms with E-state index >= 15 is 0 Å². The topological polar surface area (TPSA) is 73.6 Å². The summed E-state index contributed by atoms with van der Waals surface area (Å²) >= 11 is 0. The SMILES string of the molecule is CC=Cc1ncc(-c2ccc(=O)n(Cc3cncc(F)c3)n2)cn1. The molecule has 3 aromatic rings. The maximum absolute atomic E-state index is 13.2. The van der Waals surface area contributed by atoms with Crippen molar-refractivity contribution in [2.75, 3.05) is 0 Å². The molecule has 0 N–H and O–H groups in total. The van der Waals surface area contributed by atoms with E-state index in [2.05, 4.69) is 20.1 Å². The predicted octanol–water partition coefficient (Wildman–Crippen LogP) is 2.32. The van der Waals surface area contributed by atoms with Crippen LogP contribution < -0.4 is 5.56 Å². The summed E-state index contributed by atoms with van der Waals surface area (Å²) in [7, 11) is 0. The van der Waals surface area contributed by atoms with Crippen LogP contribution in [0.15, 0.2) is 53.9 Å². The third kappa shape index (κ3) is 3.57. The smallest absolute Gasteiger partial charge is 0.267 e. The van der Waals surface area contributed by atoms with Crippen molar-refractivity contribution in [1.29, 1.82) is 0 Å². The van der Waals surface area contributed by atoms with Crippen molar-refractivity contribution < 1.29 is 4.39 Å². The Bertz CT molecular complexity index is 934. The van der Waals surface area contributed by atoms with Gasteiger partial charge in [0.15, 0.2) is 5.82 Å². The molecule has 0 fully saturated rings. The summed E-state index contributed by atoms with van der Waals surface area (Å²) in [6, 6.07) is 4.34. The fraction of sp³-hybridized carbons (Fsp3) is 0.118. The van der Waals surface area contributed by atoms with Crippen LogP contribution in [0.2, 0.25) is 0 Å². The van der Waals surface area contributed by atoms with Gasteiger partial charge in [-0.05, 0) is 30.7 Å². The molecule has 0 unspecified atom stereocenters. The molecule has 0 aliphatic carbocycles. The lowest BCUT2D eigenvalue weighted by molar-refractivity contribution is 0.604. The first-order chi connectivity index (χ1) is 11.7. The summed E-state index contributed by atoms with van der Waals surface area (Å²) in [5.41, 5.74) is 1.52. The van der Waals surface area contributed by atoms with Gasteiger partial charge in [-0.25, -0.2) is 19.0 Å². The second-order valence-corrected chi connectivity index (χ2v) is 5.06. The Kier molecular flexibility index (Phi) is 4.51. The van der Waals surface area contributed by atoms with Crippen LogP contribution in [0.3, 0.4) is 0 Å². The molecule has 3 aromatic heterocycles. The maximum atomic E-state index is 13.2. The monoisotopic (exact) mass is 323 g/mol. The van der Waals surface area contributed by atoms with Gasteiger partial charge in [0.25, 0.3) is 5.56 Å². The number of halogens is 1. The molecule has 0 radical (unpaired) electrons. The van der Waals surface area contributed by atoms with Crippen LogP contribution in [-0.2, 0) is 6.54 Å². The largest absolute Gasteiger partial charge is 0.268 e. The fourth-order valence-electron chi connectivity index (χ4n) is 2.14. The highest BCUT2D eigenvalue weighted by molar-refractivity contribution is 5.56. The normalized spacial score (nSPS) is 11.1. The molecule has 6 nitrogen and oxygen atoms in total. The number of hydrogen-bond acceptors (Lipinski definition) is 5. The molecular weight excluding hydrogens is 309 g/mol. The summed E-state index contributed by atoms with van der Waals surface area (Å²) in [6.07, 6.45) is 9.53. The van der Waals surface area contributed by atoms with Gasteiger partial charge in [-0.1, -0.05) is 6.08 Å². The average molecular weight is 323 g/mol. The maximum Gasteiger partial charge on any atom is 0.267 e. The standard InChI is InChI=1S/C17H14FN5O/c1-2-3-16-20-8-13(9-21-16)15-4-5-17(24)23(22-15)11-12-6-14(18)10-19-7-12/h2-10H,11H2,1H3. The minimum atomic E-state index is -0.454. The van der Waals surface area contributed by atoms with E-state index in [1.165, 1.54) is 23.0 Å². The van der Waals surface area contributed by atoms with Gasteiger partial charge in [-0.3, -0.25) is 9.78 Å². The lowest BCUT2D eigenvalue weighted by atomic mass is 10.2. The molecule has 0 atom stereocenters. The van der Waals surface area contributed by atoms with Crippen molar-refractivity contribution in [3.05, 3.63) is 76.6 Å². The summed E-state index contributed by atoms with van der Waals surface area (Å²) in [6.45, 7) is 2.02. The Morgan fingerprint density at radius 1 is 1.17 bits per heavy atom. The molecule has 0 saturated carbocycles. The highest BCUT2D eigenvalue weighted by atomic mass is 19.1. The van der Waals surface area contributed by atoms with Crippen LogP contribution in [0, 0.1) is 5.82 Å². The van der Waals surface area contributed by atoms with Crippen LogP contribution in [-0.4, -0.2) is 24.7 Å². The molecule has 3 rings (SSSR count). The molecule has 24 heavy (non-hydrogen) atoms. The quantitative estimate of drug-likeness (QED) is 0.736. The van der Waals surface area contributed by atoms with Crippen LogP contribution in [0.1, 0.15) is 18.3 Å². The number of aromatic nitrogens is 5. The third-order valence-corrected chi connectivity index (χ3v) is 3.24. The Balaban J connectivity index is 1.92. The minimum absolute atomic E-state index is 0.134. The molecule has 0 bridgehead atoms. The van der Waals surface area contributed by atoms with Crippen molar-refractivity contribution in [3.63, 3.8) is 0 Å². The van der Waals surface area contributed by atoms with Gasteiger partial charge >= 0.3 is 0 Å². The molecule has 0 aromatic carbocycles. The van der Waals surface area contributed by atoms with Gasteiger partial charge in [-0.15, -0.1) is 0 Å². The summed E-state index contributed by atoms with van der Waals surface area (Å²) < 4.78 is 14.5. The first-order valence-electron chi connectivity index (χ1n) is 7.28. The zero-order valence-corrected chi connectivity index (χ0v) is 12.9. The van der Waals surface area contributed by atoms with E-state index in [-0.39, 0.29) is 12.1 Å². The molecule has 7 heteroatoms. The number of allylic oxidation sites excluding steroid dienone is 1. The van der Waals surface area contributed by atoms with Crippen molar-refractivity contribution in [3.8, 4) is 11.3 Å². The van der Waals surface area contributed by atoms with Crippen molar-refractivity contribution >= 4 is 6.08 Å². The highest BCUT2D eigenvalue weighted by Gasteiger charge is 2.06. The molecule has 0 saturated heterocycles. The average Bonchev–Trinajstić information content (AvgIpc) is 2.58. The van der Waals surface area contributed by atoms with Crippen molar-refractivity contribution in [2.24, 2.45) is 0 Å². The third-order valence-electron chi connectivity index (χ3n) is 3.24. The molecule has 3 heterocycles. The zero-order chi connectivity index (χ0) is 16.9. The van der Waals surface area contributed by atoms with E-state index in [0.29, 0.717) is 22.6 Å². The number of hydrogen-bond donors (Lipinski definition) is 0. The van der Waals surface area contributed by atoms with Crippen molar-refractivity contribution in [2.45, 2.75) is 13.5 Å². The summed E-state index contributed by atoms with van der Waals surface area (Å²) in [4.78, 5) is 24.2. The van der Waals surface area contributed by atoms with E-state index in [1.54, 1.807) is 24.5 Å². The lowest BCUT2D eigenvalue weighted by Crippen LogP contribution is -2.23. The number of nitrogens with zero attached hydrogens (tertiary/aromatic N) is 5. The molecule has 0 aliphatic heterocycles. The van der Waals surface area contributed by atoms with E-state index < -0.39 is 5.82 Å². The van der Waals surface area contributed by atoms with Gasteiger partial charge in [-0.2, -0.15) is 5.10 Å². The van der Waals surface area contributed by atoms with Gasteiger partial charge in [0.2, 0.25) is 0 Å². The van der Waals surface area contributed by atoms with E-state index in [9.17, 15) is 9.18 Å². The van der Waals surface area contributed by atoms with Gasteiger partial charge in [0.1, 0.15) is 5.82 Å². The number of pyridine rings is 1. The molecule has 0 amide bonds. The number of rotatable bonds is 4. The van der Waals surface area contributed by atoms with Crippen LogP contribution >= 0.6 is 0 Å². The molecule has 0 spiro atoms. The Hall–Kier alpha value is -3.22. The minimum Gasteiger partial charge on any atom is -0.268 e.